The van der Waals surface area contributed by atoms with E-state index in [0.29, 0.717) is 19.1 Å². The molecular weight excluding hydrogens is 331 g/mol. The summed E-state index contributed by atoms with van der Waals surface area (Å²) in [4.78, 5) is -0.836. The van der Waals surface area contributed by atoms with Gasteiger partial charge in [-0.25, -0.2) is 13.1 Å². The van der Waals surface area contributed by atoms with Gasteiger partial charge in [-0.3, -0.25) is 0 Å². The minimum atomic E-state index is -4.81. The van der Waals surface area contributed by atoms with E-state index in [-0.39, 0.29) is 17.7 Å². The third kappa shape index (κ3) is 4.09. The summed E-state index contributed by atoms with van der Waals surface area (Å²) in [6.07, 6.45) is -3.63. The fourth-order valence-corrected chi connectivity index (χ4v) is 3.49. The molecule has 0 saturated carbocycles. The van der Waals surface area contributed by atoms with E-state index in [0.717, 1.165) is 18.6 Å². The molecule has 1 aromatic carbocycles. The summed E-state index contributed by atoms with van der Waals surface area (Å²) in [7, 11) is -4.29. The average molecular weight is 344 g/mol. The summed E-state index contributed by atoms with van der Waals surface area (Å²) in [5.74, 6) is 0. The fourth-order valence-electron chi connectivity index (χ4n) is 2.04. The average Bonchev–Trinajstić information content (AvgIpc) is 2.88. The van der Waals surface area contributed by atoms with Crippen LogP contribution in [0.15, 0.2) is 23.1 Å². The first-order chi connectivity index (χ1) is 9.70. The second kappa shape index (κ2) is 6.12. The molecule has 118 valence electrons. The van der Waals surface area contributed by atoms with E-state index in [9.17, 15) is 21.6 Å². The van der Waals surface area contributed by atoms with Gasteiger partial charge in [-0.15, -0.1) is 0 Å². The van der Waals surface area contributed by atoms with Crippen LogP contribution in [-0.4, -0.2) is 27.7 Å². The lowest BCUT2D eigenvalue weighted by Gasteiger charge is -2.15. The van der Waals surface area contributed by atoms with Gasteiger partial charge in [0, 0.05) is 18.2 Å². The summed E-state index contributed by atoms with van der Waals surface area (Å²) in [6, 6.07) is 2.56. The Kier molecular flexibility index (Phi) is 4.82. The number of ether oxygens (including phenoxy) is 1. The zero-order chi connectivity index (χ0) is 15.7. The molecule has 0 amide bonds. The van der Waals surface area contributed by atoms with Crippen LogP contribution < -0.4 is 4.72 Å². The molecule has 0 unspecified atom stereocenters. The Bertz CT molecular complexity index is 613. The highest BCUT2D eigenvalue weighted by atomic mass is 35.5. The van der Waals surface area contributed by atoms with Gasteiger partial charge < -0.3 is 4.74 Å². The number of rotatable bonds is 4. The molecule has 1 aliphatic heterocycles. The molecular formula is C12H13ClF3NO3S. The summed E-state index contributed by atoms with van der Waals surface area (Å²) in [6.45, 7) is 0.476. The fraction of sp³-hybridized carbons (Fsp3) is 0.500. The van der Waals surface area contributed by atoms with E-state index in [2.05, 4.69) is 4.72 Å². The largest absolute Gasteiger partial charge is 0.417 e. The van der Waals surface area contributed by atoms with E-state index in [4.69, 9.17) is 16.3 Å². The monoisotopic (exact) mass is 343 g/mol. The quantitative estimate of drug-likeness (QED) is 0.914. The number of hydrogen-bond acceptors (Lipinski definition) is 3. The van der Waals surface area contributed by atoms with Crippen molar-refractivity contribution in [3.8, 4) is 0 Å². The van der Waals surface area contributed by atoms with E-state index in [1.807, 2.05) is 0 Å². The topological polar surface area (TPSA) is 55.4 Å². The van der Waals surface area contributed by atoms with Crippen LogP contribution in [0.2, 0.25) is 5.02 Å². The Morgan fingerprint density at radius 1 is 1.38 bits per heavy atom. The minimum absolute atomic E-state index is 0.0533. The van der Waals surface area contributed by atoms with Crippen LogP contribution >= 0.6 is 11.6 Å². The van der Waals surface area contributed by atoms with Crippen LogP contribution in [-0.2, 0) is 20.9 Å². The smallest absolute Gasteiger partial charge is 0.377 e. The molecule has 0 radical (unpaired) electrons. The number of sulfonamides is 1. The van der Waals surface area contributed by atoms with E-state index in [1.54, 1.807) is 0 Å². The van der Waals surface area contributed by atoms with Gasteiger partial charge in [-0.2, -0.15) is 13.2 Å². The predicted octanol–water partition coefficient (Wildman–Crippen LogP) is 2.82. The Labute approximate surface area is 125 Å². The zero-order valence-corrected chi connectivity index (χ0v) is 12.4. The van der Waals surface area contributed by atoms with Gasteiger partial charge in [0.2, 0.25) is 10.0 Å². The SMILES string of the molecule is O=S(=O)(NC[C@H]1CCCO1)c1ccc(Cl)cc1C(F)(F)F. The Hall–Kier alpha value is -0.830. The maximum atomic E-state index is 12.9. The second-order valence-corrected chi connectivity index (χ2v) is 6.80. The molecule has 0 aliphatic carbocycles. The highest BCUT2D eigenvalue weighted by molar-refractivity contribution is 7.89. The van der Waals surface area contributed by atoms with Gasteiger partial charge in [0.05, 0.1) is 16.6 Å². The maximum Gasteiger partial charge on any atom is 0.417 e. The zero-order valence-electron chi connectivity index (χ0n) is 10.8. The van der Waals surface area contributed by atoms with Crippen molar-refractivity contribution in [2.45, 2.75) is 30.0 Å². The molecule has 0 aromatic heterocycles. The third-order valence-electron chi connectivity index (χ3n) is 3.06. The van der Waals surface area contributed by atoms with Crippen molar-refractivity contribution >= 4 is 21.6 Å². The van der Waals surface area contributed by atoms with Crippen LogP contribution in [0.4, 0.5) is 13.2 Å². The van der Waals surface area contributed by atoms with Crippen LogP contribution in [0.3, 0.4) is 0 Å². The number of alkyl halides is 3. The minimum Gasteiger partial charge on any atom is -0.377 e. The molecule has 1 fully saturated rings. The Morgan fingerprint density at radius 2 is 2.10 bits per heavy atom. The predicted molar refractivity (Wildman–Crippen MR) is 70.6 cm³/mol. The molecule has 0 bridgehead atoms. The third-order valence-corrected chi connectivity index (χ3v) is 4.78. The molecule has 1 heterocycles. The number of halogens is 4. The van der Waals surface area contributed by atoms with Gasteiger partial charge in [-0.05, 0) is 31.0 Å². The van der Waals surface area contributed by atoms with Gasteiger partial charge in [0.1, 0.15) is 0 Å². The Morgan fingerprint density at radius 3 is 2.67 bits per heavy atom. The molecule has 1 atom stereocenters. The molecule has 1 N–H and O–H groups in total. The number of hydrogen-bond donors (Lipinski definition) is 1. The van der Waals surface area contributed by atoms with Gasteiger partial charge in [0.25, 0.3) is 0 Å². The first-order valence-electron chi connectivity index (χ1n) is 6.18. The van der Waals surface area contributed by atoms with Crippen molar-refractivity contribution in [3.05, 3.63) is 28.8 Å². The van der Waals surface area contributed by atoms with Crippen molar-refractivity contribution < 1.29 is 26.3 Å². The van der Waals surface area contributed by atoms with Gasteiger partial charge >= 0.3 is 6.18 Å². The van der Waals surface area contributed by atoms with Crippen LogP contribution in [0.1, 0.15) is 18.4 Å². The van der Waals surface area contributed by atoms with Crippen molar-refractivity contribution in [1.82, 2.24) is 4.72 Å². The van der Waals surface area contributed by atoms with Gasteiger partial charge in [0.15, 0.2) is 0 Å². The molecule has 0 spiro atoms. The highest BCUT2D eigenvalue weighted by Crippen LogP contribution is 2.35. The summed E-state index contributed by atoms with van der Waals surface area (Å²) < 4.78 is 70.3. The highest BCUT2D eigenvalue weighted by Gasteiger charge is 2.37. The summed E-state index contributed by atoms with van der Waals surface area (Å²) >= 11 is 5.52. The van der Waals surface area contributed by atoms with Crippen LogP contribution in [0, 0.1) is 0 Å². The second-order valence-electron chi connectivity index (χ2n) is 4.63. The molecule has 1 aromatic rings. The molecule has 4 nitrogen and oxygen atoms in total. The first-order valence-corrected chi connectivity index (χ1v) is 8.04. The summed E-state index contributed by atoms with van der Waals surface area (Å²) in [5.41, 5.74) is -1.28. The number of nitrogens with one attached hydrogen (secondary N) is 1. The van der Waals surface area contributed by atoms with E-state index in [1.165, 1.54) is 0 Å². The lowest BCUT2D eigenvalue weighted by atomic mass is 10.2. The van der Waals surface area contributed by atoms with Crippen molar-refractivity contribution in [1.29, 1.82) is 0 Å². The molecule has 21 heavy (non-hydrogen) atoms. The van der Waals surface area contributed by atoms with E-state index >= 15 is 0 Å². The van der Waals surface area contributed by atoms with Crippen molar-refractivity contribution in [2.24, 2.45) is 0 Å². The van der Waals surface area contributed by atoms with E-state index < -0.39 is 26.7 Å². The summed E-state index contributed by atoms with van der Waals surface area (Å²) in [5, 5.41) is -0.180. The van der Waals surface area contributed by atoms with Crippen LogP contribution in [0.5, 0.6) is 0 Å². The van der Waals surface area contributed by atoms with Crippen molar-refractivity contribution in [2.75, 3.05) is 13.2 Å². The molecule has 1 aliphatic rings. The normalized spacial score (nSPS) is 19.9. The van der Waals surface area contributed by atoms with Crippen LogP contribution in [0.25, 0.3) is 0 Å². The lowest BCUT2D eigenvalue weighted by molar-refractivity contribution is -0.139. The van der Waals surface area contributed by atoms with Crippen molar-refractivity contribution in [3.63, 3.8) is 0 Å². The maximum absolute atomic E-state index is 12.9. The molecule has 2 rings (SSSR count). The lowest BCUT2D eigenvalue weighted by Crippen LogP contribution is -2.33. The number of benzene rings is 1. The van der Waals surface area contributed by atoms with Gasteiger partial charge in [-0.1, -0.05) is 11.6 Å². The molecule has 9 heteroatoms. The first kappa shape index (κ1) is 16.5. The Balaban J connectivity index is 2.26. The standard InChI is InChI=1S/C12H13ClF3NO3S/c13-8-3-4-11(10(6-8)12(14,15)16)21(18,19)17-7-9-2-1-5-20-9/h3-4,6,9,17H,1-2,5,7H2/t9-/m1/s1. The molecule has 1 saturated heterocycles.